The van der Waals surface area contributed by atoms with Gasteiger partial charge in [0.1, 0.15) is 0 Å². The van der Waals surface area contributed by atoms with Crippen molar-refractivity contribution in [1.82, 2.24) is 4.90 Å². The average Bonchev–Trinajstić information content (AvgIpc) is 2.40. The molecule has 0 spiro atoms. The highest BCUT2D eigenvalue weighted by Gasteiger charge is 2.43. The summed E-state index contributed by atoms with van der Waals surface area (Å²) in [5.74, 6) is -0.705. The van der Waals surface area contributed by atoms with Crippen LogP contribution in [0.3, 0.4) is 0 Å². The van der Waals surface area contributed by atoms with Crippen molar-refractivity contribution in [2.45, 2.75) is 50.7 Å². The Bertz CT molecular complexity index is 302. The second kappa shape index (κ2) is 6.68. The van der Waals surface area contributed by atoms with Crippen molar-refractivity contribution in [3.05, 3.63) is 0 Å². The van der Waals surface area contributed by atoms with Crippen LogP contribution >= 0.6 is 0 Å². The smallest absolute Gasteiger partial charge is 0.305 e. The van der Waals surface area contributed by atoms with E-state index in [2.05, 4.69) is 11.8 Å². The molecular formula is C14H25NO4. The summed E-state index contributed by atoms with van der Waals surface area (Å²) in [6.07, 6.45) is 4.19. The van der Waals surface area contributed by atoms with E-state index in [4.69, 9.17) is 9.47 Å². The minimum absolute atomic E-state index is 0.209. The minimum Gasteiger partial charge on any atom is -0.481 e. The fourth-order valence-electron chi connectivity index (χ4n) is 3.39. The molecular weight excluding hydrogens is 246 g/mol. The minimum atomic E-state index is -0.705. The summed E-state index contributed by atoms with van der Waals surface area (Å²) in [5.41, 5.74) is -0.228. The lowest BCUT2D eigenvalue weighted by Gasteiger charge is -2.49. The zero-order chi connectivity index (χ0) is 13.7. The van der Waals surface area contributed by atoms with Crippen molar-refractivity contribution in [2.75, 3.05) is 32.9 Å². The van der Waals surface area contributed by atoms with Gasteiger partial charge in [0.15, 0.2) is 0 Å². The van der Waals surface area contributed by atoms with E-state index >= 15 is 0 Å². The molecule has 2 unspecified atom stereocenters. The van der Waals surface area contributed by atoms with E-state index in [1.54, 1.807) is 0 Å². The van der Waals surface area contributed by atoms with E-state index in [-0.39, 0.29) is 18.1 Å². The quantitative estimate of drug-likeness (QED) is 0.821. The van der Waals surface area contributed by atoms with Crippen molar-refractivity contribution in [3.8, 4) is 0 Å². The van der Waals surface area contributed by atoms with E-state index in [1.807, 2.05) is 0 Å². The second-order valence-corrected chi connectivity index (χ2v) is 5.63. The number of hydrogen-bond acceptors (Lipinski definition) is 4. The van der Waals surface area contributed by atoms with Crippen LogP contribution in [0.5, 0.6) is 0 Å². The van der Waals surface area contributed by atoms with Gasteiger partial charge in [-0.15, -0.1) is 0 Å². The number of ether oxygens (including phenoxy) is 2. The molecule has 0 aliphatic carbocycles. The van der Waals surface area contributed by atoms with E-state index in [0.717, 1.165) is 38.8 Å². The standard InChI is InChI=1S/C14H25NO4/c1-2-3-12-10-14(4-7-19-12,11-13(16)17)15-5-8-18-9-6-15/h12H,2-11H2,1H3,(H,16,17). The van der Waals surface area contributed by atoms with Gasteiger partial charge in [-0.05, 0) is 19.3 Å². The van der Waals surface area contributed by atoms with Crippen LogP contribution in [-0.4, -0.2) is 60.5 Å². The first-order valence-corrected chi connectivity index (χ1v) is 7.32. The molecule has 2 aliphatic rings. The molecule has 5 heteroatoms. The number of hydrogen-bond donors (Lipinski definition) is 1. The number of carboxylic acid groups (broad SMARTS) is 1. The molecule has 2 saturated heterocycles. The highest BCUT2D eigenvalue weighted by Crippen LogP contribution is 2.36. The van der Waals surface area contributed by atoms with Crippen LogP contribution < -0.4 is 0 Å². The van der Waals surface area contributed by atoms with Crippen molar-refractivity contribution in [2.24, 2.45) is 0 Å². The highest BCUT2D eigenvalue weighted by atomic mass is 16.5. The summed E-state index contributed by atoms with van der Waals surface area (Å²) in [6, 6.07) is 0. The van der Waals surface area contributed by atoms with Crippen LogP contribution in [0, 0.1) is 0 Å². The first-order valence-electron chi connectivity index (χ1n) is 7.32. The molecule has 0 radical (unpaired) electrons. The largest absolute Gasteiger partial charge is 0.481 e. The third-order valence-corrected chi connectivity index (χ3v) is 4.30. The van der Waals surface area contributed by atoms with Crippen LogP contribution in [-0.2, 0) is 14.3 Å². The van der Waals surface area contributed by atoms with Gasteiger partial charge in [-0.2, -0.15) is 0 Å². The molecule has 2 heterocycles. The Morgan fingerprint density at radius 3 is 2.74 bits per heavy atom. The number of morpholine rings is 1. The molecule has 0 aromatic rings. The molecule has 0 saturated carbocycles. The number of aliphatic carboxylic acids is 1. The lowest BCUT2D eigenvalue weighted by atomic mass is 9.80. The van der Waals surface area contributed by atoms with Gasteiger partial charge in [0.2, 0.25) is 0 Å². The Labute approximate surface area is 114 Å². The number of rotatable bonds is 5. The maximum Gasteiger partial charge on any atom is 0.305 e. The number of nitrogens with zero attached hydrogens (tertiary/aromatic N) is 1. The first kappa shape index (κ1) is 14.8. The Hall–Kier alpha value is -0.650. The fourth-order valence-corrected chi connectivity index (χ4v) is 3.39. The molecule has 2 rings (SSSR count). The molecule has 0 bridgehead atoms. The van der Waals surface area contributed by atoms with Gasteiger partial charge in [0, 0.05) is 25.2 Å². The second-order valence-electron chi connectivity index (χ2n) is 5.63. The van der Waals surface area contributed by atoms with Gasteiger partial charge < -0.3 is 14.6 Å². The predicted molar refractivity (Wildman–Crippen MR) is 71.3 cm³/mol. The topological polar surface area (TPSA) is 59.0 Å². The lowest BCUT2D eigenvalue weighted by molar-refractivity contribution is -0.148. The maximum absolute atomic E-state index is 11.3. The van der Waals surface area contributed by atoms with Gasteiger partial charge in [-0.1, -0.05) is 13.3 Å². The van der Waals surface area contributed by atoms with Crippen LogP contribution in [0.25, 0.3) is 0 Å². The fraction of sp³-hybridized carbons (Fsp3) is 0.929. The van der Waals surface area contributed by atoms with E-state index in [0.29, 0.717) is 19.8 Å². The normalized spacial score (nSPS) is 33.2. The van der Waals surface area contributed by atoms with E-state index in [9.17, 15) is 9.90 Å². The summed E-state index contributed by atoms with van der Waals surface area (Å²) < 4.78 is 11.2. The van der Waals surface area contributed by atoms with Crippen molar-refractivity contribution in [3.63, 3.8) is 0 Å². The lowest BCUT2D eigenvalue weighted by Crippen LogP contribution is -2.58. The molecule has 19 heavy (non-hydrogen) atoms. The zero-order valence-corrected chi connectivity index (χ0v) is 11.8. The molecule has 2 aliphatic heterocycles. The van der Waals surface area contributed by atoms with E-state index in [1.165, 1.54) is 0 Å². The molecule has 0 amide bonds. The first-order chi connectivity index (χ1) is 9.16. The Kier molecular flexibility index (Phi) is 5.19. The summed E-state index contributed by atoms with van der Waals surface area (Å²) in [6.45, 7) is 5.92. The van der Waals surface area contributed by atoms with Crippen molar-refractivity contribution in [1.29, 1.82) is 0 Å². The van der Waals surface area contributed by atoms with Crippen molar-refractivity contribution < 1.29 is 19.4 Å². The maximum atomic E-state index is 11.3. The molecule has 110 valence electrons. The Balaban J connectivity index is 2.10. The molecule has 5 nitrogen and oxygen atoms in total. The highest BCUT2D eigenvalue weighted by molar-refractivity contribution is 5.68. The summed E-state index contributed by atoms with van der Waals surface area (Å²) in [5, 5.41) is 9.28. The Morgan fingerprint density at radius 2 is 2.11 bits per heavy atom. The molecule has 0 aromatic carbocycles. The monoisotopic (exact) mass is 271 g/mol. The third kappa shape index (κ3) is 3.68. The summed E-state index contributed by atoms with van der Waals surface area (Å²) in [7, 11) is 0. The molecule has 1 N–H and O–H groups in total. The van der Waals surface area contributed by atoms with Gasteiger partial charge in [-0.3, -0.25) is 9.69 Å². The molecule has 2 fully saturated rings. The molecule has 2 atom stereocenters. The van der Waals surface area contributed by atoms with Gasteiger partial charge in [0.05, 0.1) is 25.7 Å². The van der Waals surface area contributed by atoms with Crippen LogP contribution in [0.4, 0.5) is 0 Å². The predicted octanol–water partition coefficient (Wildman–Crippen LogP) is 1.51. The number of carboxylic acids is 1. The Morgan fingerprint density at radius 1 is 1.37 bits per heavy atom. The van der Waals surface area contributed by atoms with Crippen LogP contribution in [0.2, 0.25) is 0 Å². The van der Waals surface area contributed by atoms with Gasteiger partial charge >= 0.3 is 5.97 Å². The average molecular weight is 271 g/mol. The van der Waals surface area contributed by atoms with Gasteiger partial charge in [-0.25, -0.2) is 0 Å². The SMILES string of the molecule is CCCC1CC(CC(=O)O)(N2CCOCC2)CCO1. The van der Waals surface area contributed by atoms with Crippen molar-refractivity contribution >= 4 is 5.97 Å². The van der Waals surface area contributed by atoms with E-state index < -0.39 is 5.97 Å². The van der Waals surface area contributed by atoms with Gasteiger partial charge in [0.25, 0.3) is 0 Å². The summed E-state index contributed by atoms with van der Waals surface area (Å²) >= 11 is 0. The summed E-state index contributed by atoms with van der Waals surface area (Å²) in [4.78, 5) is 13.6. The van der Waals surface area contributed by atoms with Crippen LogP contribution in [0.1, 0.15) is 39.0 Å². The number of carbonyl (C=O) groups is 1. The zero-order valence-electron chi connectivity index (χ0n) is 11.8. The molecule has 0 aromatic heterocycles. The third-order valence-electron chi connectivity index (χ3n) is 4.30. The van der Waals surface area contributed by atoms with Crippen LogP contribution in [0.15, 0.2) is 0 Å².